The molecule has 2 amide bonds. The molecule has 2 aliphatic heterocycles. The van der Waals surface area contributed by atoms with Crippen molar-refractivity contribution in [2.75, 3.05) is 45.2 Å². The van der Waals surface area contributed by atoms with E-state index in [2.05, 4.69) is 15.6 Å². The Labute approximate surface area is 169 Å². The van der Waals surface area contributed by atoms with Crippen molar-refractivity contribution >= 4 is 17.6 Å². The molecule has 8 nitrogen and oxygen atoms in total. The number of ether oxygens (including phenoxy) is 1. The average Bonchev–Trinajstić information content (AvgIpc) is 3.11. The van der Waals surface area contributed by atoms with Gasteiger partial charge in [0.2, 0.25) is 5.91 Å². The van der Waals surface area contributed by atoms with Gasteiger partial charge in [-0.2, -0.15) is 0 Å². The molecule has 1 fully saturated rings. The lowest BCUT2D eigenvalue weighted by Crippen LogP contribution is -2.34. The topological polar surface area (TPSA) is 96.4 Å². The van der Waals surface area contributed by atoms with Crippen LogP contribution in [0, 0.1) is 5.92 Å². The molecular weight excluding hydrogens is 370 g/mol. The van der Waals surface area contributed by atoms with Gasteiger partial charge >= 0.3 is 0 Å². The Bertz CT molecular complexity index is 903. The molecule has 0 radical (unpaired) electrons. The number of hydrogen-bond acceptors (Lipinski definition) is 6. The van der Waals surface area contributed by atoms with Crippen LogP contribution in [0.5, 0.6) is 0 Å². The van der Waals surface area contributed by atoms with E-state index in [1.807, 2.05) is 35.2 Å². The summed E-state index contributed by atoms with van der Waals surface area (Å²) in [4.78, 5) is 35.6. The molecule has 1 atom stereocenters. The van der Waals surface area contributed by atoms with Crippen molar-refractivity contribution in [1.29, 1.82) is 0 Å². The summed E-state index contributed by atoms with van der Waals surface area (Å²) in [7, 11) is 1.64. The van der Waals surface area contributed by atoms with Gasteiger partial charge in [0.25, 0.3) is 5.91 Å². The number of fused-ring (bicyclic) bond motifs is 1. The van der Waals surface area contributed by atoms with E-state index in [4.69, 9.17) is 9.72 Å². The minimum Gasteiger partial charge on any atom is -0.383 e. The van der Waals surface area contributed by atoms with Crippen LogP contribution in [0.25, 0.3) is 11.4 Å². The van der Waals surface area contributed by atoms with Crippen molar-refractivity contribution in [3.63, 3.8) is 0 Å². The number of likely N-dealkylation sites (tertiary alicyclic amines) is 1. The Kier molecular flexibility index (Phi) is 5.71. The van der Waals surface area contributed by atoms with Gasteiger partial charge in [0, 0.05) is 56.8 Å². The molecule has 0 aliphatic carbocycles. The normalized spacial score (nSPS) is 18.5. The zero-order valence-electron chi connectivity index (χ0n) is 16.5. The van der Waals surface area contributed by atoms with E-state index in [-0.39, 0.29) is 17.7 Å². The number of rotatable bonds is 7. The summed E-state index contributed by atoms with van der Waals surface area (Å²) in [5, 5.41) is 6.25. The second-order valence-electron chi connectivity index (χ2n) is 7.38. The molecular formula is C21H25N5O3. The van der Waals surface area contributed by atoms with Gasteiger partial charge in [0.15, 0.2) is 5.82 Å². The van der Waals surface area contributed by atoms with Gasteiger partial charge in [-0.3, -0.25) is 9.59 Å². The SMILES string of the molecule is COCCN1CC(CNc2nc(-c3ccccc3)nc3c2CCNC3=O)CC1=O. The van der Waals surface area contributed by atoms with Gasteiger partial charge in [-0.15, -0.1) is 0 Å². The van der Waals surface area contributed by atoms with E-state index in [9.17, 15) is 9.59 Å². The predicted octanol–water partition coefficient (Wildman–Crippen LogP) is 1.34. The zero-order chi connectivity index (χ0) is 20.2. The van der Waals surface area contributed by atoms with E-state index in [0.717, 1.165) is 11.1 Å². The first-order valence-corrected chi connectivity index (χ1v) is 9.91. The number of carbonyl (C=O) groups excluding carboxylic acids is 2. The number of benzene rings is 1. The minimum atomic E-state index is -0.171. The van der Waals surface area contributed by atoms with E-state index in [1.165, 1.54) is 0 Å². The van der Waals surface area contributed by atoms with Crippen LogP contribution in [0.15, 0.2) is 30.3 Å². The van der Waals surface area contributed by atoms with Gasteiger partial charge in [0.1, 0.15) is 11.5 Å². The fraction of sp³-hybridized carbons (Fsp3) is 0.429. The molecule has 29 heavy (non-hydrogen) atoms. The molecule has 8 heteroatoms. The number of amides is 2. The van der Waals surface area contributed by atoms with Gasteiger partial charge in [0.05, 0.1) is 6.61 Å². The van der Waals surface area contributed by atoms with E-state index < -0.39 is 0 Å². The molecule has 152 valence electrons. The zero-order valence-corrected chi connectivity index (χ0v) is 16.5. The smallest absolute Gasteiger partial charge is 0.270 e. The van der Waals surface area contributed by atoms with E-state index >= 15 is 0 Å². The Balaban J connectivity index is 1.54. The Morgan fingerprint density at radius 2 is 2.07 bits per heavy atom. The summed E-state index contributed by atoms with van der Waals surface area (Å²) in [6.45, 7) is 3.05. The molecule has 3 heterocycles. The first-order chi connectivity index (χ1) is 14.2. The molecule has 2 aromatic rings. The molecule has 2 aliphatic rings. The molecule has 1 saturated heterocycles. The second kappa shape index (κ2) is 8.57. The Morgan fingerprint density at radius 3 is 2.86 bits per heavy atom. The molecule has 0 saturated carbocycles. The molecule has 1 unspecified atom stereocenters. The maximum absolute atomic E-state index is 12.4. The maximum atomic E-state index is 12.4. The van der Waals surface area contributed by atoms with Crippen LogP contribution in [0.2, 0.25) is 0 Å². The van der Waals surface area contributed by atoms with Crippen LogP contribution >= 0.6 is 0 Å². The van der Waals surface area contributed by atoms with Crippen molar-refractivity contribution in [3.8, 4) is 11.4 Å². The van der Waals surface area contributed by atoms with Crippen molar-refractivity contribution in [1.82, 2.24) is 20.2 Å². The lowest BCUT2D eigenvalue weighted by molar-refractivity contribution is -0.128. The van der Waals surface area contributed by atoms with Crippen molar-refractivity contribution in [2.24, 2.45) is 5.92 Å². The highest BCUT2D eigenvalue weighted by Gasteiger charge is 2.30. The number of aromatic nitrogens is 2. The third-order valence-electron chi connectivity index (χ3n) is 5.33. The quantitative estimate of drug-likeness (QED) is 0.734. The highest BCUT2D eigenvalue weighted by molar-refractivity contribution is 5.96. The highest BCUT2D eigenvalue weighted by atomic mass is 16.5. The van der Waals surface area contributed by atoms with E-state index in [0.29, 0.717) is 63.0 Å². The fourth-order valence-electron chi connectivity index (χ4n) is 3.81. The molecule has 4 rings (SSSR count). The first-order valence-electron chi connectivity index (χ1n) is 9.91. The number of nitrogens with one attached hydrogen (secondary N) is 2. The van der Waals surface area contributed by atoms with E-state index in [1.54, 1.807) is 7.11 Å². The number of methoxy groups -OCH3 is 1. The molecule has 1 aromatic carbocycles. The standard InChI is InChI=1S/C21H25N5O3/c1-29-10-9-26-13-14(11-17(26)27)12-23-20-16-7-8-22-21(28)18(16)24-19(25-20)15-5-3-2-4-6-15/h2-6,14H,7-13H2,1H3,(H,22,28)(H,23,24,25). The lowest BCUT2D eigenvalue weighted by Gasteiger charge is -2.21. The minimum absolute atomic E-state index is 0.155. The summed E-state index contributed by atoms with van der Waals surface area (Å²) < 4.78 is 5.08. The van der Waals surface area contributed by atoms with Crippen LogP contribution in [0.4, 0.5) is 5.82 Å². The van der Waals surface area contributed by atoms with Gasteiger partial charge < -0.3 is 20.3 Å². The van der Waals surface area contributed by atoms with Gasteiger partial charge in [-0.1, -0.05) is 30.3 Å². The van der Waals surface area contributed by atoms with Gasteiger partial charge in [-0.25, -0.2) is 9.97 Å². The van der Waals surface area contributed by atoms with Crippen LogP contribution in [-0.2, 0) is 16.0 Å². The van der Waals surface area contributed by atoms with Crippen LogP contribution in [-0.4, -0.2) is 66.6 Å². The fourth-order valence-corrected chi connectivity index (χ4v) is 3.81. The number of carbonyl (C=O) groups is 2. The lowest BCUT2D eigenvalue weighted by atomic mass is 10.0. The largest absolute Gasteiger partial charge is 0.383 e. The first kappa shape index (κ1) is 19.3. The Hall–Kier alpha value is -3.00. The monoisotopic (exact) mass is 395 g/mol. The van der Waals surface area contributed by atoms with Crippen LogP contribution in [0.3, 0.4) is 0 Å². The third-order valence-corrected chi connectivity index (χ3v) is 5.33. The van der Waals surface area contributed by atoms with Crippen molar-refractivity contribution < 1.29 is 14.3 Å². The number of nitrogens with zero attached hydrogens (tertiary/aromatic N) is 3. The molecule has 1 aromatic heterocycles. The number of anilines is 1. The highest BCUT2D eigenvalue weighted by Crippen LogP contribution is 2.26. The Morgan fingerprint density at radius 1 is 1.24 bits per heavy atom. The predicted molar refractivity (Wildman–Crippen MR) is 109 cm³/mol. The van der Waals surface area contributed by atoms with Crippen LogP contribution < -0.4 is 10.6 Å². The maximum Gasteiger partial charge on any atom is 0.270 e. The van der Waals surface area contributed by atoms with Crippen molar-refractivity contribution in [3.05, 3.63) is 41.6 Å². The summed E-state index contributed by atoms with van der Waals surface area (Å²) in [5.41, 5.74) is 2.13. The van der Waals surface area contributed by atoms with Crippen LogP contribution in [0.1, 0.15) is 22.5 Å². The third kappa shape index (κ3) is 4.22. The summed E-state index contributed by atoms with van der Waals surface area (Å²) in [6.07, 6.45) is 1.19. The average molecular weight is 395 g/mol. The molecule has 0 spiro atoms. The second-order valence-corrected chi connectivity index (χ2v) is 7.38. The van der Waals surface area contributed by atoms with Crippen molar-refractivity contribution in [2.45, 2.75) is 12.8 Å². The van der Waals surface area contributed by atoms with Gasteiger partial charge in [-0.05, 0) is 6.42 Å². The molecule has 0 bridgehead atoms. The summed E-state index contributed by atoms with van der Waals surface area (Å²) in [5.74, 6) is 1.39. The summed E-state index contributed by atoms with van der Waals surface area (Å²) >= 11 is 0. The summed E-state index contributed by atoms with van der Waals surface area (Å²) in [6, 6.07) is 9.62. The number of hydrogen-bond donors (Lipinski definition) is 2. The molecule has 2 N–H and O–H groups in total.